The van der Waals surface area contributed by atoms with Crippen LogP contribution in [-0.2, 0) is 9.53 Å². The molecule has 0 spiro atoms. The summed E-state index contributed by atoms with van der Waals surface area (Å²) in [5.74, 6) is 0.134. The number of nitriles is 1. The van der Waals surface area contributed by atoms with Gasteiger partial charge in [0, 0.05) is 11.3 Å². The van der Waals surface area contributed by atoms with E-state index < -0.39 is 16.8 Å². The van der Waals surface area contributed by atoms with Crippen LogP contribution in [0.4, 0.5) is 0 Å². The molecule has 112 valence electrons. The molecule has 21 heavy (non-hydrogen) atoms. The van der Waals surface area contributed by atoms with Crippen LogP contribution in [0.5, 0.6) is 5.75 Å². The number of nitrogens with zero attached hydrogens (tertiary/aromatic N) is 1. The van der Waals surface area contributed by atoms with Gasteiger partial charge >= 0.3 is 5.97 Å². The van der Waals surface area contributed by atoms with E-state index in [2.05, 4.69) is 6.07 Å². The fraction of sp³-hybridized carbons (Fsp3) is 0.529. The lowest BCUT2D eigenvalue weighted by atomic mass is 9.97. The summed E-state index contributed by atoms with van der Waals surface area (Å²) < 4.78 is 10.4. The molecule has 0 aliphatic heterocycles. The molecule has 1 aliphatic rings. The summed E-state index contributed by atoms with van der Waals surface area (Å²) in [6, 6.07) is 8.05. The molecule has 0 aromatic heterocycles. The Kier molecular flexibility index (Phi) is 3.71. The van der Waals surface area contributed by atoms with E-state index in [4.69, 9.17) is 9.47 Å². The maximum Gasteiger partial charge on any atom is 0.327 e. The van der Waals surface area contributed by atoms with Gasteiger partial charge < -0.3 is 9.47 Å². The Bertz CT molecular complexity index is 615. The second-order valence-corrected chi connectivity index (χ2v) is 6.08. The molecule has 0 amide bonds. The zero-order valence-corrected chi connectivity index (χ0v) is 13.2. The largest absolute Gasteiger partial charge is 0.497 e. The summed E-state index contributed by atoms with van der Waals surface area (Å²) in [6.45, 7) is 7.88. The highest BCUT2D eigenvalue weighted by Crippen LogP contribution is 2.74. The van der Waals surface area contributed by atoms with Crippen molar-refractivity contribution in [2.75, 3.05) is 13.7 Å². The second-order valence-electron chi connectivity index (χ2n) is 6.08. The van der Waals surface area contributed by atoms with E-state index in [0.29, 0.717) is 0 Å². The molecule has 0 N–H and O–H groups in total. The molecule has 0 bridgehead atoms. The summed E-state index contributed by atoms with van der Waals surface area (Å²) in [6.07, 6.45) is 0. The van der Waals surface area contributed by atoms with E-state index in [1.165, 1.54) is 0 Å². The van der Waals surface area contributed by atoms with Crippen molar-refractivity contribution < 1.29 is 14.3 Å². The lowest BCUT2D eigenvalue weighted by molar-refractivity contribution is -0.148. The summed E-state index contributed by atoms with van der Waals surface area (Å²) in [7, 11) is 1.61. The van der Waals surface area contributed by atoms with Crippen molar-refractivity contribution in [3.05, 3.63) is 29.3 Å². The molecule has 2 unspecified atom stereocenters. The van der Waals surface area contributed by atoms with Crippen molar-refractivity contribution in [3.63, 3.8) is 0 Å². The van der Waals surface area contributed by atoms with Crippen molar-refractivity contribution in [2.24, 2.45) is 10.8 Å². The Morgan fingerprint density at radius 1 is 1.38 bits per heavy atom. The first-order valence-electron chi connectivity index (χ1n) is 7.09. The number of esters is 1. The smallest absolute Gasteiger partial charge is 0.327 e. The molecule has 1 aromatic rings. The second kappa shape index (κ2) is 5.07. The Morgan fingerprint density at radius 2 is 2.05 bits per heavy atom. The van der Waals surface area contributed by atoms with E-state index >= 15 is 0 Å². The minimum absolute atomic E-state index is 0.178. The van der Waals surface area contributed by atoms with Crippen LogP contribution in [0.25, 0.3) is 0 Å². The van der Waals surface area contributed by atoms with E-state index in [-0.39, 0.29) is 12.5 Å². The van der Waals surface area contributed by atoms with Gasteiger partial charge in [-0.1, -0.05) is 19.9 Å². The predicted molar refractivity (Wildman–Crippen MR) is 78.9 cm³/mol. The molecule has 1 saturated carbocycles. The van der Waals surface area contributed by atoms with E-state index in [0.717, 1.165) is 16.9 Å². The molecule has 0 radical (unpaired) electrons. The van der Waals surface area contributed by atoms with E-state index in [9.17, 15) is 10.1 Å². The van der Waals surface area contributed by atoms with Crippen molar-refractivity contribution in [2.45, 2.75) is 33.6 Å². The summed E-state index contributed by atoms with van der Waals surface area (Å²) in [5, 5.41) is 9.63. The number of hydrogen-bond acceptors (Lipinski definition) is 4. The average Bonchev–Trinajstić information content (AvgIpc) is 2.95. The first-order chi connectivity index (χ1) is 9.84. The highest BCUT2D eigenvalue weighted by molar-refractivity contribution is 5.88. The average molecular weight is 287 g/mol. The van der Waals surface area contributed by atoms with Crippen molar-refractivity contribution in [1.29, 1.82) is 5.26 Å². The molecule has 4 heteroatoms. The van der Waals surface area contributed by atoms with Gasteiger partial charge in [0.25, 0.3) is 0 Å². The van der Waals surface area contributed by atoms with Crippen LogP contribution in [0.1, 0.15) is 37.8 Å². The Morgan fingerprint density at radius 3 is 2.57 bits per heavy atom. The van der Waals surface area contributed by atoms with Crippen LogP contribution < -0.4 is 4.74 Å². The Hall–Kier alpha value is -2.02. The predicted octanol–water partition coefficient (Wildman–Crippen LogP) is 3.20. The van der Waals surface area contributed by atoms with E-state index in [1.54, 1.807) is 14.0 Å². The van der Waals surface area contributed by atoms with Gasteiger partial charge in [0.1, 0.15) is 5.75 Å². The topological polar surface area (TPSA) is 59.3 Å². The van der Waals surface area contributed by atoms with Crippen LogP contribution in [-0.4, -0.2) is 19.7 Å². The minimum Gasteiger partial charge on any atom is -0.497 e. The molecule has 1 aliphatic carbocycles. The number of ether oxygens (including phenoxy) is 2. The molecule has 1 aromatic carbocycles. The summed E-state index contributed by atoms with van der Waals surface area (Å²) in [5.41, 5.74) is 0.434. The molecule has 0 heterocycles. The lowest BCUT2D eigenvalue weighted by Crippen LogP contribution is -2.23. The maximum atomic E-state index is 12.3. The van der Waals surface area contributed by atoms with Crippen LogP contribution in [0.2, 0.25) is 0 Å². The Balaban J connectivity index is 2.48. The van der Waals surface area contributed by atoms with Gasteiger partial charge in [-0.15, -0.1) is 0 Å². The molecule has 0 saturated heterocycles. The third kappa shape index (κ3) is 2.08. The third-order valence-electron chi connectivity index (χ3n) is 4.50. The molecule has 4 nitrogen and oxygen atoms in total. The van der Waals surface area contributed by atoms with Gasteiger partial charge in [-0.3, -0.25) is 4.79 Å². The zero-order chi connectivity index (χ0) is 15.8. The molecular weight excluding hydrogens is 266 g/mol. The van der Waals surface area contributed by atoms with Gasteiger partial charge in [0.15, 0.2) is 5.41 Å². The van der Waals surface area contributed by atoms with Crippen molar-refractivity contribution in [3.8, 4) is 11.8 Å². The number of carbonyl (C=O) groups is 1. The monoisotopic (exact) mass is 287 g/mol. The highest BCUT2D eigenvalue weighted by Gasteiger charge is 2.78. The first-order valence-corrected chi connectivity index (χ1v) is 7.09. The minimum atomic E-state index is -1.11. The van der Waals surface area contributed by atoms with Crippen molar-refractivity contribution in [1.82, 2.24) is 0 Å². The third-order valence-corrected chi connectivity index (χ3v) is 4.50. The summed E-state index contributed by atoms with van der Waals surface area (Å²) >= 11 is 0. The van der Waals surface area contributed by atoms with E-state index in [1.807, 2.05) is 39.0 Å². The lowest BCUT2D eigenvalue weighted by Gasteiger charge is -2.10. The Labute approximate surface area is 125 Å². The van der Waals surface area contributed by atoms with Crippen LogP contribution in [0, 0.1) is 29.1 Å². The van der Waals surface area contributed by atoms with Gasteiger partial charge in [-0.2, -0.15) is 5.26 Å². The fourth-order valence-electron chi connectivity index (χ4n) is 3.37. The molecule has 2 rings (SSSR count). The fourth-order valence-corrected chi connectivity index (χ4v) is 3.37. The van der Waals surface area contributed by atoms with Gasteiger partial charge in [-0.05, 0) is 37.1 Å². The van der Waals surface area contributed by atoms with Gasteiger partial charge in [0.2, 0.25) is 0 Å². The number of methoxy groups -OCH3 is 1. The standard InChI is InChI=1S/C17H21NO3/c1-6-21-15(19)17(10-18)14(16(17,3)4)12-7-11(2)8-13(9-12)20-5/h7-9,14H,6H2,1-5H3. The maximum absolute atomic E-state index is 12.3. The highest BCUT2D eigenvalue weighted by atomic mass is 16.5. The quantitative estimate of drug-likeness (QED) is 0.798. The summed E-state index contributed by atoms with van der Waals surface area (Å²) in [4.78, 5) is 12.3. The van der Waals surface area contributed by atoms with Crippen LogP contribution in [0.15, 0.2) is 18.2 Å². The SMILES string of the molecule is CCOC(=O)C1(C#N)C(c2cc(C)cc(OC)c2)C1(C)C. The molecular formula is C17H21NO3. The molecule has 1 fully saturated rings. The number of benzene rings is 1. The normalized spacial score (nSPS) is 25.8. The van der Waals surface area contributed by atoms with Gasteiger partial charge in [0.05, 0.1) is 19.8 Å². The van der Waals surface area contributed by atoms with Crippen molar-refractivity contribution >= 4 is 5.97 Å². The number of hydrogen-bond donors (Lipinski definition) is 0. The number of carbonyl (C=O) groups excluding carboxylic acids is 1. The zero-order valence-electron chi connectivity index (χ0n) is 13.2. The van der Waals surface area contributed by atoms with Crippen LogP contribution >= 0.6 is 0 Å². The van der Waals surface area contributed by atoms with Crippen LogP contribution in [0.3, 0.4) is 0 Å². The number of rotatable bonds is 4. The number of aryl methyl sites for hydroxylation is 1. The van der Waals surface area contributed by atoms with Gasteiger partial charge in [-0.25, -0.2) is 0 Å². The first kappa shape index (κ1) is 15.4. The molecule has 2 atom stereocenters.